The van der Waals surface area contributed by atoms with Crippen LogP contribution in [-0.4, -0.2) is 56.5 Å². The van der Waals surface area contributed by atoms with Crippen LogP contribution < -0.4 is 10.6 Å². The Hall–Kier alpha value is -3.62. The van der Waals surface area contributed by atoms with Crippen LogP contribution in [0.3, 0.4) is 0 Å². The Balaban J connectivity index is 2.29. The fourth-order valence-electron chi connectivity index (χ4n) is 3.38. The smallest absolute Gasteiger partial charge is 0.251 e. The SMILES string of the molecule is CC(C)(C)NC(=O)c1ccc(C=C(O)C(CO)(CO)C(O)=Cc2ccc(C(=O)NC(C)(C)C)cc2)cc1. The van der Waals surface area contributed by atoms with Crippen LogP contribution in [0.2, 0.25) is 0 Å². The molecule has 200 valence electrons. The first kappa shape index (κ1) is 29.6. The van der Waals surface area contributed by atoms with E-state index in [1.165, 1.54) is 12.2 Å². The highest BCUT2D eigenvalue weighted by Crippen LogP contribution is 2.34. The summed E-state index contributed by atoms with van der Waals surface area (Å²) in [5.74, 6) is -1.40. The summed E-state index contributed by atoms with van der Waals surface area (Å²) >= 11 is 0. The molecule has 2 amide bonds. The molecular weight excluding hydrogens is 472 g/mol. The van der Waals surface area contributed by atoms with Gasteiger partial charge in [0.1, 0.15) is 16.9 Å². The van der Waals surface area contributed by atoms with Crippen molar-refractivity contribution in [3.8, 4) is 0 Å². The van der Waals surface area contributed by atoms with Gasteiger partial charge >= 0.3 is 0 Å². The van der Waals surface area contributed by atoms with Crippen LogP contribution in [-0.2, 0) is 0 Å². The van der Waals surface area contributed by atoms with Crippen molar-refractivity contribution in [3.63, 3.8) is 0 Å². The molecule has 0 aliphatic carbocycles. The Bertz CT molecular complexity index is 1060. The molecule has 0 bridgehead atoms. The van der Waals surface area contributed by atoms with E-state index >= 15 is 0 Å². The van der Waals surface area contributed by atoms with E-state index in [0.717, 1.165) is 0 Å². The maximum Gasteiger partial charge on any atom is 0.251 e. The lowest BCUT2D eigenvalue weighted by Gasteiger charge is -2.28. The zero-order chi connectivity index (χ0) is 28.0. The summed E-state index contributed by atoms with van der Waals surface area (Å²) in [6, 6.07) is 12.8. The van der Waals surface area contributed by atoms with Crippen molar-refractivity contribution < 1.29 is 30.0 Å². The summed E-state index contributed by atoms with van der Waals surface area (Å²) in [6.45, 7) is 9.72. The molecule has 6 N–H and O–H groups in total. The number of nitrogens with one attached hydrogen (secondary N) is 2. The molecule has 0 atom stereocenters. The lowest BCUT2D eigenvalue weighted by molar-refractivity contribution is 0.0487. The maximum absolute atomic E-state index is 12.3. The Morgan fingerprint density at radius 3 is 1.19 bits per heavy atom. The predicted molar refractivity (Wildman–Crippen MR) is 145 cm³/mol. The van der Waals surface area contributed by atoms with E-state index in [9.17, 15) is 30.0 Å². The Morgan fingerprint density at radius 2 is 0.946 bits per heavy atom. The van der Waals surface area contributed by atoms with Gasteiger partial charge in [-0.2, -0.15) is 0 Å². The molecule has 0 unspecified atom stereocenters. The molecule has 0 spiro atoms. The fourth-order valence-corrected chi connectivity index (χ4v) is 3.38. The van der Waals surface area contributed by atoms with Crippen LogP contribution in [0.5, 0.6) is 0 Å². The number of benzene rings is 2. The molecule has 37 heavy (non-hydrogen) atoms. The molecule has 8 heteroatoms. The number of hydrogen-bond acceptors (Lipinski definition) is 6. The molecule has 8 nitrogen and oxygen atoms in total. The van der Waals surface area contributed by atoms with Gasteiger partial charge in [-0.25, -0.2) is 0 Å². The van der Waals surface area contributed by atoms with Crippen molar-refractivity contribution in [3.05, 3.63) is 82.3 Å². The number of amides is 2. The van der Waals surface area contributed by atoms with E-state index in [1.54, 1.807) is 48.5 Å². The highest BCUT2D eigenvalue weighted by Gasteiger charge is 2.38. The number of aliphatic hydroxyl groups excluding tert-OH is 4. The summed E-state index contributed by atoms with van der Waals surface area (Å²) in [5, 5.41) is 47.5. The predicted octanol–water partition coefficient (Wildman–Crippen LogP) is 4.21. The van der Waals surface area contributed by atoms with Gasteiger partial charge in [-0.15, -0.1) is 0 Å². The number of rotatable bonds is 8. The van der Waals surface area contributed by atoms with Crippen LogP contribution in [0.1, 0.15) is 73.4 Å². The van der Waals surface area contributed by atoms with E-state index < -0.39 is 41.2 Å². The van der Waals surface area contributed by atoms with Crippen LogP contribution in [0.25, 0.3) is 12.2 Å². The molecule has 0 aromatic heterocycles. The zero-order valence-electron chi connectivity index (χ0n) is 22.3. The quantitative estimate of drug-likeness (QED) is 0.294. The van der Waals surface area contributed by atoms with Crippen LogP contribution >= 0.6 is 0 Å². The number of hydrogen-bond donors (Lipinski definition) is 6. The first-order chi connectivity index (χ1) is 17.1. The van der Waals surface area contributed by atoms with E-state index in [1.807, 2.05) is 41.5 Å². The third-order valence-corrected chi connectivity index (χ3v) is 5.45. The number of carbonyl (C=O) groups excluding carboxylic acids is 2. The van der Waals surface area contributed by atoms with Gasteiger partial charge in [0.25, 0.3) is 11.8 Å². The normalized spacial score (nSPS) is 13.3. The van der Waals surface area contributed by atoms with Crippen molar-refractivity contribution in [2.45, 2.75) is 52.6 Å². The summed E-state index contributed by atoms with van der Waals surface area (Å²) in [5.41, 5.74) is -0.771. The van der Waals surface area contributed by atoms with Gasteiger partial charge in [0.2, 0.25) is 0 Å². The molecule has 0 saturated carbocycles. The van der Waals surface area contributed by atoms with Gasteiger partial charge < -0.3 is 31.1 Å². The topological polar surface area (TPSA) is 139 Å². The summed E-state index contributed by atoms with van der Waals surface area (Å²) in [4.78, 5) is 24.6. The molecular formula is C29H38N2O6. The van der Waals surface area contributed by atoms with E-state index in [0.29, 0.717) is 22.3 Å². The van der Waals surface area contributed by atoms with E-state index in [-0.39, 0.29) is 11.8 Å². The molecule has 2 rings (SSSR count). The Morgan fingerprint density at radius 1 is 0.649 bits per heavy atom. The minimum Gasteiger partial charge on any atom is -0.511 e. The van der Waals surface area contributed by atoms with Crippen molar-refractivity contribution in [2.75, 3.05) is 13.2 Å². The number of aliphatic hydroxyl groups is 4. The van der Waals surface area contributed by atoms with Gasteiger partial charge in [-0.1, -0.05) is 24.3 Å². The van der Waals surface area contributed by atoms with Crippen LogP contribution in [0, 0.1) is 5.41 Å². The molecule has 0 radical (unpaired) electrons. The third-order valence-electron chi connectivity index (χ3n) is 5.45. The zero-order valence-corrected chi connectivity index (χ0v) is 22.3. The number of carbonyl (C=O) groups is 2. The van der Waals surface area contributed by atoms with Crippen LogP contribution in [0.15, 0.2) is 60.0 Å². The minimum absolute atomic E-state index is 0.241. The van der Waals surface area contributed by atoms with E-state index in [2.05, 4.69) is 10.6 Å². The Kier molecular flexibility index (Phi) is 9.30. The van der Waals surface area contributed by atoms with Gasteiger partial charge in [0, 0.05) is 22.2 Å². The second kappa shape index (κ2) is 11.6. The summed E-state index contributed by atoms with van der Waals surface area (Å²) in [7, 11) is 0. The molecule has 0 aliphatic heterocycles. The van der Waals surface area contributed by atoms with Gasteiger partial charge in [0.05, 0.1) is 13.2 Å². The molecule has 0 aliphatic rings. The first-order valence-corrected chi connectivity index (χ1v) is 12.0. The average Bonchev–Trinajstić information content (AvgIpc) is 2.79. The van der Waals surface area contributed by atoms with Gasteiger partial charge in [-0.3, -0.25) is 9.59 Å². The Labute approximate surface area is 218 Å². The third kappa shape index (κ3) is 8.20. The van der Waals surface area contributed by atoms with E-state index in [4.69, 9.17) is 0 Å². The molecule has 0 heterocycles. The van der Waals surface area contributed by atoms with Crippen molar-refractivity contribution in [2.24, 2.45) is 5.41 Å². The maximum atomic E-state index is 12.3. The highest BCUT2D eigenvalue weighted by atomic mass is 16.3. The minimum atomic E-state index is -1.86. The monoisotopic (exact) mass is 510 g/mol. The fraction of sp³-hybridized carbons (Fsp3) is 0.379. The molecule has 0 fully saturated rings. The summed E-state index contributed by atoms with van der Waals surface area (Å²) in [6.07, 6.45) is 2.61. The average molecular weight is 511 g/mol. The second-order valence-electron chi connectivity index (χ2n) is 11.1. The molecule has 0 saturated heterocycles. The lowest BCUT2D eigenvalue weighted by atomic mass is 9.83. The van der Waals surface area contributed by atoms with Gasteiger partial charge in [0.15, 0.2) is 0 Å². The standard InChI is InChI=1S/C29H38N2O6/c1-27(2,3)30-25(36)21-11-7-19(8-12-21)15-23(34)29(17-32,18-33)24(35)16-20-9-13-22(14-10-20)26(37)31-28(4,5)6/h7-16,32-35H,17-18H2,1-6H3,(H,30,36)(H,31,37). The molecule has 2 aromatic rings. The van der Waals surface area contributed by atoms with Crippen molar-refractivity contribution in [1.82, 2.24) is 10.6 Å². The lowest BCUT2D eigenvalue weighted by Crippen LogP contribution is -2.40. The summed E-state index contributed by atoms with van der Waals surface area (Å²) < 4.78 is 0. The van der Waals surface area contributed by atoms with Crippen LogP contribution in [0.4, 0.5) is 0 Å². The molecule has 2 aromatic carbocycles. The first-order valence-electron chi connectivity index (χ1n) is 12.0. The largest absolute Gasteiger partial charge is 0.511 e. The van der Waals surface area contributed by atoms with Gasteiger partial charge in [-0.05, 0) is 89.1 Å². The van der Waals surface area contributed by atoms with Crippen molar-refractivity contribution in [1.29, 1.82) is 0 Å². The second-order valence-corrected chi connectivity index (χ2v) is 11.1. The highest BCUT2D eigenvalue weighted by molar-refractivity contribution is 5.95. The van der Waals surface area contributed by atoms with Crippen molar-refractivity contribution >= 4 is 24.0 Å².